The van der Waals surface area contributed by atoms with E-state index in [0.717, 1.165) is 10.5 Å². The smallest absolute Gasteiger partial charge is 0.242 e. The molecule has 0 unspecified atom stereocenters. The fraction of sp³-hybridized carbons (Fsp3) is 0.364. The van der Waals surface area contributed by atoms with Crippen molar-refractivity contribution < 1.29 is 9.59 Å². The second-order valence-corrected chi connectivity index (χ2v) is 9.73. The molecule has 2 amide bonds. The van der Waals surface area contributed by atoms with Crippen LogP contribution < -0.4 is 5.32 Å². The van der Waals surface area contributed by atoms with Gasteiger partial charge in [0, 0.05) is 27.0 Å². The van der Waals surface area contributed by atoms with E-state index in [2.05, 4.69) is 5.32 Å². The molecular weight excluding hydrogens is 427 g/mol. The van der Waals surface area contributed by atoms with Gasteiger partial charge < -0.3 is 10.2 Å². The van der Waals surface area contributed by atoms with Gasteiger partial charge in [0.25, 0.3) is 0 Å². The Morgan fingerprint density at radius 2 is 1.52 bits per heavy atom. The van der Waals surface area contributed by atoms with Crippen molar-refractivity contribution in [3.63, 3.8) is 0 Å². The van der Waals surface area contributed by atoms with E-state index in [0.29, 0.717) is 16.6 Å². The van der Waals surface area contributed by atoms with Crippen LogP contribution in [0.5, 0.6) is 0 Å². The minimum atomic E-state index is -0.608. The third-order valence-corrected chi connectivity index (χ3v) is 5.61. The summed E-state index contributed by atoms with van der Waals surface area (Å²) in [6.45, 7) is 7.83. The maximum absolute atomic E-state index is 13.0. The molecule has 0 radical (unpaired) electrons. The summed E-state index contributed by atoms with van der Waals surface area (Å²) in [5.41, 5.74) is 0.535. The van der Waals surface area contributed by atoms with Crippen molar-refractivity contribution in [2.24, 2.45) is 0 Å². The second-order valence-electron chi connectivity index (χ2n) is 7.81. The van der Waals surface area contributed by atoms with E-state index in [-0.39, 0.29) is 23.1 Å². The van der Waals surface area contributed by atoms with Crippen molar-refractivity contribution in [2.75, 3.05) is 5.75 Å². The van der Waals surface area contributed by atoms with Gasteiger partial charge in [0.15, 0.2) is 0 Å². The summed E-state index contributed by atoms with van der Waals surface area (Å²) in [6, 6.07) is 14.0. The average Bonchev–Trinajstić information content (AvgIpc) is 2.65. The number of nitrogens with zero attached hydrogens (tertiary/aromatic N) is 1. The van der Waals surface area contributed by atoms with E-state index in [1.807, 2.05) is 45.0 Å². The van der Waals surface area contributed by atoms with Crippen LogP contribution in [0.1, 0.15) is 33.3 Å². The first-order valence-corrected chi connectivity index (χ1v) is 11.0. The topological polar surface area (TPSA) is 49.4 Å². The molecule has 4 nitrogen and oxygen atoms in total. The number of benzene rings is 2. The summed E-state index contributed by atoms with van der Waals surface area (Å²) in [6.07, 6.45) is 0. The van der Waals surface area contributed by atoms with Crippen molar-refractivity contribution >= 4 is 46.8 Å². The highest BCUT2D eigenvalue weighted by molar-refractivity contribution is 8.00. The third kappa shape index (κ3) is 7.92. The first kappa shape index (κ1) is 23.6. The first-order valence-electron chi connectivity index (χ1n) is 9.29. The van der Waals surface area contributed by atoms with E-state index in [9.17, 15) is 9.59 Å². The van der Waals surface area contributed by atoms with Gasteiger partial charge in [-0.3, -0.25) is 9.59 Å². The van der Waals surface area contributed by atoms with Gasteiger partial charge in [-0.25, -0.2) is 0 Å². The lowest BCUT2D eigenvalue weighted by Gasteiger charge is -2.31. The van der Waals surface area contributed by atoms with Gasteiger partial charge in [-0.2, -0.15) is 0 Å². The molecule has 0 saturated heterocycles. The highest BCUT2D eigenvalue weighted by Crippen LogP contribution is 2.22. The Morgan fingerprint density at radius 1 is 1.00 bits per heavy atom. The zero-order valence-electron chi connectivity index (χ0n) is 17.0. The van der Waals surface area contributed by atoms with Crippen LogP contribution in [0.4, 0.5) is 0 Å². The molecule has 0 aliphatic carbocycles. The zero-order chi connectivity index (χ0) is 21.6. The van der Waals surface area contributed by atoms with Gasteiger partial charge in [-0.05, 0) is 69.7 Å². The van der Waals surface area contributed by atoms with Gasteiger partial charge in [-0.15, -0.1) is 11.8 Å². The molecule has 0 bridgehead atoms. The van der Waals surface area contributed by atoms with Crippen molar-refractivity contribution in [2.45, 2.75) is 50.7 Å². The monoisotopic (exact) mass is 452 g/mol. The Balaban J connectivity index is 2.15. The summed E-state index contributed by atoms with van der Waals surface area (Å²) in [4.78, 5) is 28.3. The SMILES string of the molecule is C[C@H](C(=O)NC(C)(C)C)N(Cc1ccc(Cl)cc1)C(=O)CSc1ccc(Cl)cc1. The Kier molecular flexibility index (Phi) is 8.44. The van der Waals surface area contributed by atoms with Gasteiger partial charge in [0.05, 0.1) is 5.75 Å². The minimum Gasteiger partial charge on any atom is -0.350 e. The summed E-state index contributed by atoms with van der Waals surface area (Å²) in [7, 11) is 0. The number of carbonyl (C=O) groups excluding carboxylic acids is 2. The minimum absolute atomic E-state index is 0.114. The van der Waals surface area contributed by atoms with Crippen LogP contribution >= 0.6 is 35.0 Å². The molecule has 0 heterocycles. The maximum Gasteiger partial charge on any atom is 0.242 e. The van der Waals surface area contributed by atoms with Crippen LogP contribution in [0.15, 0.2) is 53.4 Å². The molecule has 0 fully saturated rings. The molecule has 29 heavy (non-hydrogen) atoms. The number of carbonyl (C=O) groups is 2. The largest absolute Gasteiger partial charge is 0.350 e. The number of halogens is 2. The fourth-order valence-corrected chi connectivity index (χ4v) is 3.64. The van der Waals surface area contributed by atoms with Crippen LogP contribution in [-0.2, 0) is 16.1 Å². The molecule has 1 N–H and O–H groups in total. The van der Waals surface area contributed by atoms with E-state index < -0.39 is 6.04 Å². The number of hydrogen-bond donors (Lipinski definition) is 1. The van der Waals surface area contributed by atoms with Crippen molar-refractivity contribution in [1.82, 2.24) is 10.2 Å². The van der Waals surface area contributed by atoms with Crippen LogP contribution in [-0.4, -0.2) is 34.0 Å². The quantitative estimate of drug-likeness (QED) is 0.570. The van der Waals surface area contributed by atoms with Crippen molar-refractivity contribution in [3.05, 3.63) is 64.1 Å². The molecule has 2 aromatic carbocycles. The van der Waals surface area contributed by atoms with Crippen LogP contribution in [0, 0.1) is 0 Å². The fourth-order valence-electron chi connectivity index (χ4n) is 2.60. The van der Waals surface area contributed by atoms with E-state index in [4.69, 9.17) is 23.2 Å². The Labute approximate surface area is 187 Å². The Hall–Kier alpha value is -1.69. The molecular formula is C22H26Cl2N2O2S. The molecule has 0 aliphatic rings. The number of nitrogens with one attached hydrogen (secondary N) is 1. The lowest BCUT2D eigenvalue weighted by Crippen LogP contribution is -2.52. The number of rotatable bonds is 7. The lowest BCUT2D eigenvalue weighted by molar-refractivity contribution is -0.139. The van der Waals surface area contributed by atoms with E-state index in [1.165, 1.54) is 11.8 Å². The predicted molar refractivity (Wildman–Crippen MR) is 122 cm³/mol. The molecule has 0 aliphatic heterocycles. The molecule has 2 aromatic rings. The highest BCUT2D eigenvalue weighted by Gasteiger charge is 2.28. The normalized spacial score (nSPS) is 12.3. The Bertz CT molecular complexity index is 833. The van der Waals surface area contributed by atoms with Crippen molar-refractivity contribution in [3.8, 4) is 0 Å². The van der Waals surface area contributed by atoms with Crippen LogP contribution in [0.25, 0.3) is 0 Å². The molecule has 1 atom stereocenters. The molecule has 0 aromatic heterocycles. The summed E-state index contributed by atoms with van der Waals surface area (Å²) < 4.78 is 0. The third-order valence-electron chi connectivity index (χ3n) is 4.11. The average molecular weight is 453 g/mol. The maximum atomic E-state index is 13.0. The number of thioether (sulfide) groups is 1. The molecule has 2 rings (SSSR count). The van der Waals surface area contributed by atoms with Gasteiger partial charge in [0.1, 0.15) is 6.04 Å². The molecule has 7 heteroatoms. The highest BCUT2D eigenvalue weighted by atomic mass is 35.5. The number of hydrogen-bond acceptors (Lipinski definition) is 3. The van der Waals surface area contributed by atoms with E-state index in [1.54, 1.807) is 36.1 Å². The summed E-state index contributed by atoms with van der Waals surface area (Å²) >= 11 is 13.3. The molecule has 0 spiro atoms. The molecule has 156 valence electrons. The van der Waals surface area contributed by atoms with Crippen molar-refractivity contribution in [1.29, 1.82) is 0 Å². The standard InChI is InChI=1S/C22H26Cl2N2O2S/c1-15(21(28)25-22(2,3)4)26(13-16-5-7-17(23)8-6-16)20(27)14-29-19-11-9-18(24)10-12-19/h5-12,15H,13-14H2,1-4H3,(H,25,28)/t15-/m1/s1. The van der Waals surface area contributed by atoms with Crippen LogP contribution in [0.3, 0.4) is 0 Å². The Morgan fingerprint density at radius 3 is 2.03 bits per heavy atom. The predicted octanol–water partition coefficient (Wildman–Crippen LogP) is 5.42. The van der Waals surface area contributed by atoms with Gasteiger partial charge in [-0.1, -0.05) is 35.3 Å². The van der Waals surface area contributed by atoms with E-state index >= 15 is 0 Å². The first-order chi connectivity index (χ1) is 13.5. The van der Waals surface area contributed by atoms with Gasteiger partial charge >= 0.3 is 0 Å². The molecule has 0 saturated carbocycles. The summed E-state index contributed by atoms with van der Waals surface area (Å²) in [5, 5.41) is 4.23. The van der Waals surface area contributed by atoms with Gasteiger partial charge in [0.2, 0.25) is 11.8 Å². The zero-order valence-corrected chi connectivity index (χ0v) is 19.4. The van der Waals surface area contributed by atoms with Crippen LogP contribution in [0.2, 0.25) is 10.0 Å². The number of amides is 2. The lowest BCUT2D eigenvalue weighted by atomic mass is 10.1. The summed E-state index contributed by atoms with van der Waals surface area (Å²) in [5.74, 6) is -0.0738. The second kappa shape index (κ2) is 10.4.